The maximum Gasteiger partial charge on any atom is 0.0233 e. The molecule has 2 rings (SSSR count). The molecule has 0 atom stereocenters. The Morgan fingerprint density at radius 1 is 1.05 bits per heavy atom. The van der Waals surface area contributed by atoms with Crippen molar-refractivity contribution in [2.75, 3.05) is 34.2 Å². The molecule has 3 nitrogen and oxygen atoms in total. The zero-order valence-corrected chi connectivity index (χ0v) is 13.2. The van der Waals surface area contributed by atoms with Crippen LogP contribution in [0.3, 0.4) is 0 Å². The van der Waals surface area contributed by atoms with E-state index in [1.807, 2.05) is 0 Å². The Morgan fingerprint density at radius 3 is 2.40 bits per heavy atom. The second-order valence-corrected chi connectivity index (χ2v) is 6.32. The van der Waals surface area contributed by atoms with Crippen LogP contribution in [0.25, 0.3) is 0 Å². The number of hydrogen-bond acceptors (Lipinski definition) is 3. The van der Waals surface area contributed by atoms with Crippen molar-refractivity contribution in [3.8, 4) is 0 Å². The molecule has 0 radical (unpaired) electrons. The Morgan fingerprint density at radius 2 is 1.75 bits per heavy atom. The lowest BCUT2D eigenvalue weighted by molar-refractivity contribution is 0.294. The normalized spacial score (nSPS) is 15.2. The van der Waals surface area contributed by atoms with Gasteiger partial charge in [-0.05, 0) is 64.6 Å². The van der Waals surface area contributed by atoms with Crippen LogP contribution in [0.2, 0.25) is 0 Å². The van der Waals surface area contributed by atoms with Gasteiger partial charge in [-0.25, -0.2) is 0 Å². The fourth-order valence-corrected chi connectivity index (χ4v) is 2.45. The maximum atomic E-state index is 3.62. The SMILES string of the molecule is CN(C)CCCN(C)Cc1ccccc1CNC1CC1. The van der Waals surface area contributed by atoms with Gasteiger partial charge in [0, 0.05) is 19.1 Å². The maximum absolute atomic E-state index is 3.62. The Kier molecular flexibility index (Phi) is 6.02. The molecular formula is C17H29N3. The van der Waals surface area contributed by atoms with Crippen LogP contribution in [0.4, 0.5) is 0 Å². The molecule has 0 saturated heterocycles. The molecule has 1 aromatic rings. The summed E-state index contributed by atoms with van der Waals surface area (Å²) in [7, 11) is 6.50. The summed E-state index contributed by atoms with van der Waals surface area (Å²) < 4.78 is 0. The van der Waals surface area contributed by atoms with Gasteiger partial charge in [0.2, 0.25) is 0 Å². The van der Waals surface area contributed by atoms with Crippen molar-refractivity contribution in [2.45, 2.75) is 38.4 Å². The van der Waals surface area contributed by atoms with Crippen LogP contribution in [0, 0.1) is 0 Å². The van der Waals surface area contributed by atoms with Crippen molar-refractivity contribution in [3.63, 3.8) is 0 Å². The van der Waals surface area contributed by atoms with Gasteiger partial charge in [-0.3, -0.25) is 0 Å². The van der Waals surface area contributed by atoms with Gasteiger partial charge < -0.3 is 15.1 Å². The van der Waals surface area contributed by atoms with Gasteiger partial charge in [-0.1, -0.05) is 24.3 Å². The largest absolute Gasteiger partial charge is 0.310 e. The molecule has 0 amide bonds. The summed E-state index contributed by atoms with van der Waals surface area (Å²) in [5.74, 6) is 0. The summed E-state index contributed by atoms with van der Waals surface area (Å²) in [4.78, 5) is 4.68. The van der Waals surface area contributed by atoms with Crippen molar-refractivity contribution in [3.05, 3.63) is 35.4 Å². The molecule has 0 heterocycles. The first-order chi connectivity index (χ1) is 9.65. The number of hydrogen-bond donors (Lipinski definition) is 1. The van der Waals surface area contributed by atoms with Crippen LogP contribution in [0.5, 0.6) is 0 Å². The summed E-state index contributed by atoms with van der Waals surface area (Å²) in [5.41, 5.74) is 2.92. The van der Waals surface area contributed by atoms with E-state index in [4.69, 9.17) is 0 Å². The second-order valence-electron chi connectivity index (χ2n) is 6.32. The average molecular weight is 275 g/mol. The van der Waals surface area contributed by atoms with E-state index in [9.17, 15) is 0 Å². The lowest BCUT2D eigenvalue weighted by atomic mass is 10.1. The molecule has 0 spiro atoms. The van der Waals surface area contributed by atoms with Crippen LogP contribution < -0.4 is 5.32 Å². The fraction of sp³-hybridized carbons (Fsp3) is 0.647. The number of nitrogens with one attached hydrogen (secondary N) is 1. The van der Waals surface area contributed by atoms with Crippen LogP contribution in [-0.4, -0.2) is 50.1 Å². The molecular weight excluding hydrogens is 246 g/mol. The lowest BCUT2D eigenvalue weighted by Gasteiger charge is -2.20. The van der Waals surface area contributed by atoms with E-state index >= 15 is 0 Å². The third-order valence-electron chi connectivity index (χ3n) is 3.86. The smallest absolute Gasteiger partial charge is 0.0233 e. The van der Waals surface area contributed by atoms with Gasteiger partial charge in [-0.15, -0.1) is 0 Å². The molecule has 20 heavy (non-hydrogen) atoms. The van der Waals surface area contributed by atoms with Crippen molar-refractivity contribution in [1.29, 1.82) is 0 Å². The lowest BCUT2D eigenvalue weighted by Crippen LogP contribution is -2.24. The second kappa shape index (κ2) is 7.77. The topological polar surface area (TPSA) is 18.5 Å². The van der Waals surface area contributed by atoms with E-state index in [0.29, 0.717) is 0 Å². The minimum Gasteiger partial charge on any atom is -0.310 e. The van der Waals surface area contributed by atoms with Crippen LogP contribution in [0.1, 0.15) is 30.4 Å². The Labute approximate surface area is 124 Å². The van der Waals surface area contributed by atoms with Crippen LogP contribution in [0.15, 0.2) is 24.3 Å². The van der Waals surface area contributed by atoms with Gasteiger partial charge in [0.1, 0.15) is 0 Å². The standard InChI is InChI=1S/C17H29N3/c1-19(2)11-6-12-20(3)14-16-8-5-4-7-15(16)13-18-17-9-10-17/h4-5,7-8,17-18H,6,9-14H2,1-3H3. The summed E-state index contributed by atoms with van der Waals surface area (Å²) in [5, 5.41) is 3.62. The van der Waals surface area contributed by atoms with E-state index in [-0.39, 0.29) is 0 Å². The molecule has 1 fully saturated rings. The summed E-state index contributed by atoms with van der Waals surface area (Å²) >= 11 is 0. The highest BCUT2D eigenvalue weighted by Gasteiger charge is 2.20. The van der Waals surface area contributed by atoms with E-state index in [2.05, 4.69) is 60.5 Å². The third-order valence-corrected chi connectivity index (χ3v) is 3.86. The monoisotopic (exact) mass is 275 g/mol. The molecule has 0 bridgehead atoms. The minimum atomic E-state index is 0.779. The molecule has 3 heteroatoms. The van der Waals surface area contributed by atoms with Gasteiger partial charge in [0.05, 0.1) is 0 Å². The predicted molar refractivity (Wildman–Crippen MR) is 85.8 cm³/mol. The van der Waals surface area contributed by atoms with Crippen LogP contribution in [-0.2, 0) is 13.1 Å². The van der Waals surface area contributed by atoms with Crippen molar-refractivity contribution in [1.82, 2.24) is 15.1 Å². The number of rotatable bonds is 9. The first-order valence-electron chi connectivity index (χ1n) is 7.78. The van der Waals surface area contributed by atoms with Crippen molar-refractivity contribution >= 4 is 0 Å². The Balaban J connectivity index is 1.80. The molecule has 0 aliphatic heterocycles. The van der Waals surface area contributed by atoms with E-state index in [1.54, 1.807) is 0 Å². The van der Waals surface area contributed by atoms with E-state index < -0.39 is 0 Å². The Bertz CT molecular complexity index is 399. The molecule has 1 N–H and O–H groups in total. The van der Waals surface area contributed by atoms with Gasteiger partial charge in [0.15, 0.2) is 0 Å². The Hall–Kier alpha value is -0.900. The minimum absolute atomic E-state index is 0.779. The third kappa shape index (κ3) is 5.61. The van der Waals surface area contributed by atoms with Gasteiger partial charge >= 0.3 is 0 Å². The molecule has 112 valence electrons. The zero-order valence-electron chi connectivity index (χ0n) is 13.2. The molecule has 1 saturated carbocycles. The average Bonchev–Trinajstić information content (AvgIpc) is 3.21. The first kappa shape index (κ1) is 15.5. The predicted octanol–water partition coefficient (Wildman–Crippen LogP) is 2.32. The zero-order chi connectivity index (χ0) is 14.4. The molecule has 0 aromatic heterocycles. The quantitative estimate of drug-likeness (QED) is 0.746. The first-order valence-corrected chi connectivity index (χ1v) is 7.78. The summed E-state index contributed by atoms with van der Waals surface area (Å²) in [6, 6.07) is 9.62. The summed E-state index contributed by atoms with van der Waals surface area (Å²) in [6.07, 6.45) is 3.94. The van der Waals surface area contributed by atoms with Gasteiger partial charge in [0.25, 0.3) is 0 Å². The molecule has 0 unspecified atom stereocenters. The molecule has 1 aliphatic rings. The summed E-state index contributed by atoms with van der Waals surface area (Å²) in [6.45, 7) is 4.39. The number of benzene rings is 1. The highest BCUT2D eigenvalue weighted by Crippen LogP contribution is 2.20. The molecule has 1 aromatic carbocycles. The van der Waals surface area contributed by atoms with Crippen LogP contribution >= 0.6 is 0 Å². The highest BCUT2D eigenvalue weighted by atomic mass is 15.1. The number of nitrogens with zero attached hydrogens (tertiary/aromatic N) is 2. The highest BCUT2D eigenvalue weighted by molar-refractivity contribution is 5.27. The van der Waals surface area contributed by atoms with Gasteiger partial charge in [-0.2, -0.15) is 0 Å². The van der Waals surface area contributed by atoms with Crippen molar-refractivity contribution in [2.24, 2.45) is 0 Å². The fourth-order valence-electron chi connectivity index (χ4n) is 2.45. The van der Waals surface area contributed by atoms with E-state index in [1.165, 1.54) is 30.4 Å². The van der Waals surface area contributed by atoms with E-state index in [0.717, 1.165) is 32.2 Å². The molecule has 1 aliphatic carbocycles. The van der Waals surface area contributed by atoms with Crippen molar-refractivity contribution < 1.29 is 0 Å².